The van der Waals surface area contributed by atoms with Gasteiger partial charge in [0.2, 0.25) is 11.8 Å². The van der Waals surface area contributed by atoms with Gasteiger partial charge < -0.3 is 39.1 Å². The van der Waals surface area contributed by atoms with Crippen molar-refractivity contribution in [1.29, 1.82) is 0 Å². The highest BCUT2D eigenvalue weighted by Crippen LogP contribution is 2.51. The number of carboxylic acid groups (broad SMARTS) is 1. The molecule has 0 unspecified atom stereocenters. The zero-order chi connectivity index (χ0) is 79.4. The van der Waals surface area contributed by atoms with Crippen molar-refractivity contribution in [3.05, 3.63) is 210 Å². The summed E-state index contributed by atoms with van der Waals surface area (Å²) in [5.41, 5.74) is 13.7. The predicted octanol–water partition coefficient (Wildman–Crippen LogP) is 15.6. The second-order valence-electron chi connectivity index (χ2n) is 30.6. The van der Waals surface area contributed by atoms with Crippen LogP contribution in [0.3, 0.4) is 0 Å². The molecule has 3 aliphatic rings. The summed E-state index contributed by atoms with van der Waals surface area (Å²) in [5, 5.41) is 27.7. The molecule has 18 nitrogen and oxygen atoms in total. The van der Waals surface area contributed by atoms with Crippen molar-refractivity contribution in [2.45, 2.75) is 174 Å². The van der Waals surface area contributed by atoms with Gasteiger partial charge in [0.1, 0.15) is 45.5 Å². The van der Waals surface area contributed by atoms with E-state index in [1.54, 1.807) is 85.9 Å². The molecule has 23 heteroatoms. The highest BCUT2D eigenvalue weighted by molar-refractivity contribution is 6.79. The van der Waals surface area contributed by atoms with E-state index in [1.165, 1.54) is 41.3 Å². The summed E-state index contributed by atoms with van der Waals surface area (Å²) >= 11 is 0. The number of benzene rings is 6. The molecule has 109 heavy (non-hydrogen) atoms. The Morgan fingerprint density at radius 2 is 0.798 bits per heavy atom. The molecule has 0 fully saturated rings. The van der Waals surface area contributed by atoms with E-state index in [9.17, 15) is 52.2 Å². The summed E-state index contributed by atoms with van der Waals surface area (Å²) in [6.45, 7) is 27.5. The van der Waals surface area contributed by atoms with Crippen LogP contribution in [0.5, 0.6) is 17.2 Å². The van der Waals surface area contributed by atoms with Gasteiger partial charge in [-0.2, -0.15) is 0 Å². The lowest BCUT2D eigenvalue weighted by atomic mass is 9.93. The van der Waals surface area contributed by atoms with Gasteiger partial charge in [0.25, 0.3) is 34.4 Å². The van der Waals surface area contributed by atoms with Gasteiger partial charge >= 0.3 is 5.97 Å². The first kappa shape index (κ1) is 80.6. The summed E-state index contributed by atoms with van der Waals surface area (Å²) in [4.78, 5) is 95.8. The van der Waals surface area contributed by atoms with Crippen molar-refractivity contribution in [1.82, 2.24) is 40.3 Å². The molecular formula is C86H95F3N8O10Si2. The van der Waals surface area contributed by atoms with Crippen LogP contribution in [-0.2, 0) is 72.5 Å². The van der Waals surface area contributed by atoms with Crippen LogP contribution in [0, 0.1) is 42.3 Å². The Balaban J connectivity index is 0.000000176. The molecule has 0 atom stereocenters. The van der Waals surface area contributed by atoms with Crippen LogP contribution in [0.15, 0.2) is 110 Å². The van der Waals surface area contributed by atoms with Gasteiger partial charge in [-0.05, 0) is 174 Å². The number of phenolic OH excluding ortho intramolecular Hbond substituents is 1. The van der Waals surface area contributed by atoms with Crippen molar-refractivity contribution < 1.29 is 61.0 Å². The van der Waals surface area contributed by atoms with E-state index >= 15 is 0 Å². The topological polar surface area (TPSA) is 234 Å². The first-order valence-electron chi connectivity index (χ1n) is 36.8. The van der Waals surface area contributed by atoms with Gasteiger partial charge in [-0.25, -0.2) is 13.2 Å². The van der Waals surface area contributed by atoms with E-state index in [1.807, 2.05) is 18.2 Å². The molecule has 6 heterocycles. The monoisotopic (exact) mass is 1510 g/mol. The summed E-state index contributed by atoms with van der Waals surface area (Å²) < 4.78 is 54.5. The molecule has 4 N–H and O–H groups in total. The van der Waals surface area contributed by atoms with Crippen LogP contribution in [0.4, 0.5) is 13.2 Å². The van der Waals surface area contributed by atoms with E-state index < -0.39 is 28.5 Å². The average Bonchev–Trinajstić information content (AvgIpc) is 1.57. The quantitative estimate of drug-likeness (QED) is 0.0265. The highest BCUT2D eigenvalue weighted by Gasteiger charge is 2.51. The van der Waals surface area contributed by atoms with Crippen LogP contribution >= 0.6 is 0 Å². The van der Waals surface area contributed by atoms with Crippen molar-refractivity contribution in [2.24, 2.45) is 0 Å². The fraction of sp³-hybridized carbons (Fsp3) is 0.360. The number of rotatable bonds is 23. The second-order valence-corrected chi connectivity index (χ2v) is 41.3. The van der Waals surface area contributed by atoms with Gasteiger partial charge in [-0.15, -0.1) is 6.42 Å². The van der Waals surface area contributed by atoms with E-state index in [2.05, 4.69) is 111 Å². The number of pyridine rings is 3. The van der Waals surface area contributed by atoms with E-state index in [0.717, 1.165) is 49.9 Å². The van der Waals surface area contributed by atoms with Crippen LogP contribution in [0.25, 0.3) is 32.7 Å². The minimum Gasteiger partial charge on any atom is -0.541 e. The SMILES string of the molecule is C#CCNC(=O)Cc1c2c(c(O[Si](C(C)C)(C(C)C)C(C)C)c3ncc(Cc4ccc(F)cc4)cc13)C(=O)N(C)C2.C#CNC(=O)Cc1c2c(c(O)c3ncc(Cc4ccc(F)cc4)cc13)C(=O)N(C)C2.CC(C)[Si](Oc1c2c(c(CC(=O)O)c3cc(Cc4ccc(F)cc4)cnc13)CN(C)C2=O)(C(C)C)C(C)C. The maximum atomic E-state index is 13.7. The van der Waals surface area contributed by atoms with E-state index in [4.69, 9.17) is 31.7 Å². The molecule has 0 radical (unpaired) electrons. The van der Waals surface area contributed by atoms with Crippen LogP contribution in [0.1, 0.15) is 181 Å². The van der Waals surface area contributed by atoms with Crippen molar-refractivity contribution >= 4 is 84.8 Å². The van der Waals surface area contributed by atoms with Gasteiger partial charge in [0.15, 0.2) is 5.75 Å². The Morgan fingerprint density at radius 3 is 1.13 bits per heavy atom. The Labute approximate surface area is 637 Å². The lowest BCUT2D eigenvalue weighted by Crippen LogP contribution is -2.51. The Hall–Kier alpha value is -10.9. The van der Waals surface area contributed by atoms with Crippen molar-refractivity contribution in [3.63, 3.8) is 0 Å². The molecule has 3 aliphatic heterocycles. The maximum Gasteiger partial charge on any atom is 0.307 e. The predicted molar refractivity (Wildman–Crippen MR) is 423 cm³/mol. The fourth-order valence-electron chi connectivity index (χ4n) is 16.7. The largest absolute Gasteiger partial charge is 0.541 e. The van der Waals surface area contributed by atoms with Gasteiger partial charge in [0.05, 0.1) is 42.5 Å². The Morgan fingerprint density at radius 1 is 0.486 bits per heavy atom. The number of carbonyl (C=O) groups is 6. The Bertz CT molecular complexity index is 5090. The minimum absolute atomic E-state index is 0.0495. The summed E-state index contributed by atoms with van der Waals surface area (Å²) in [7, 11) is 0.181. The summed E-state index contributed by atoms with van der Waals surface area (Å²) in [5.74, 6) is 0.194. The molecule has 3 aromatic heterocycles. The van der Waals surface area contributed by atoms with Gasteiger partial charge in [0, 0.05) is 81.6 Å². The van der Waals surface area contributed by atoms with E-state index in [-0.39, 0.29) is 124 Å². The fourth-order valence-corrected chi connectivity index (χ4v) is 27.2. The van der Waals surface area contributed by atoms with Crippen LogP contribution < -0.4 is 19.5 Å². The van der Waals surface area contributed by atoms with Crippen LogP contribution in [0.2, 0.25) is 33.2 Å². The summed E-state index contributed by atoms with van der Waals surface area (Å²) in [6.07, 6.45) is 17.0. The zero-order valence-corrected chi connectivity index (χ0v) is 66.6. The number of phenols is 1. The molecule has 0 saturated carbocycles. The standard InChI is InChI=1S/C33H40FN3O3Si.C30H37FN2O4Si.C23H18FN3O3/c1-9-14-35-29(38)17-26-27-16-24(15-23-10-12-25(34)13-11-23)18-36-31(27)32(30-28(26)19-37(8)33(30)39)40-41(20(2)3,21(4)5)22(6)7;1-17(2)38(18(3)4,19(5)6)37-29-27-25(16-33(7)30(27)36)23(14-26(34)35)24-13-21(15-32-28(24)29)12-20-8-10-22(31)11-9-20;1-3-25-19(28)10-16-17-9-14(8-13-4-6-15(24)7-5-13)11-26-21(17)22(29)20-18(16)12-27(2)23(20)30/h1,10-13,16,18,20-22H,14-15,17,19H2,2-8H3,(H,35,38);8-11,13,15,17-19H,12,14,16H2,1-7H3,(H,34,35);1,4-7,9,11,29H,8,10,12H2,2H3,(H,25,28). The first-order chi connectivity index (χ1) is 51.6. The number of nitrogens with zero attached hydrogens (tertiary/aromatic N) is 6. The normalized spacial score (nSPS) is 13.3. The van der Waals surface area contributed by atoms with E-state index in [0.29, 0.717) is 99.0 Å². The van der Waals surface area contributed by atoms with Crippen molar-refractivity contribution in [3.8, 4) is 42.1 Å². The third kappa shape index (κ3) is 16.4. The number of carbonyl (C=O) groups excluding carboxylic acids is 5. The number of aliphatic carboxylic acids is 1. The number of nitrogens with one attached hydrogen (secondary N) is 2. The summed E-state index contributed by atoms with van der Waals surface area (Å²) in [6, 6.07) is 26.8. The van der Waals surface area contributed by atoms with Crippen molar-refractivity contribution in [2.75, 3.05) is 27.7 Å². The zero-order valence-electron chi connectivity index (χ0n) is 64.6. The molecular weight excluding hydrogens is 1420 g/mol. The number of carboxylic acids is 1. The third-order valence-corrected chi connectivity index (χ3v) is 33.5. The molecule has 568 valence electrons. The second kappa shape index (κ2) is 33.3. The Kier molecular flexibility index (Phi) is 24.6. The third-order valence-electron chi connectivity index (χ3n) is 21.6. The number of amides is 5. The number of hydrogen-bond donors (Lipinski definition) is 4. The lowest BCUT2D eigenvalue weighted by molar-refractivity contribution is -0.136. The number of fused-ring (bicyclic) bond motifs is 6. The number of terminal acetylenes is 2. The minimum atomic E-state index is -2.47. The number of halogens is 3. The lowest BCUT2D eigenvalue weighted by Gasteiger charge is -2.42. The highest BCUT2D eigenvalue weighted by atomic mass is 28.4. The first-order valence-corrected chi connectivity index (χ1v) is 41.1. The number of aromatic nitrogens is 3. The molecule has 0 bridgehead atoms. The molecule has 12 rings (SSSR count). The van der Waals surface area contributed by atoms with Crippen LogP contribution in [-0.4, -0.2) is 120 Å². The molecule has 0 aliphatic carbocycles. The van der Waals surface area contributed by atoms with Gasteiger partial charge in [-0.1, -0.05) is 132 Å². The average molecular weight is 1510 g/mol. The molecule has 5 amide bonds. The molecule has 0 spiro atoms. The number of hydrogen-bond acceptors (Lipinski definition) is 12. The smallest absolute Gasteiger partial charge is 0.307 e. The van der Waals surface area contributed by atoms with Gasteiger partial charge in [-0.3, -0.25) is 49.0 Å². The maximum absolute atomic E-state index is 13.7. The molecule has 9 aromatic rings. The number of aromatic hydroxyl groups is 1. The molecule has 6 aromatic carbocycles. The molecule has 0 saturated heterocycles.